The van der Waals surface area contributed by atoms with E-state index in [4.69, 9.17) is 24.2 Å². The molecule has 5 atom stereocenters. The Balaban J connectivity index is 1.00. The normalized spacial score (nSPS) is 18.9. The number of carbonyl (C=O) groups is 4. The van der Waals surface area contributed by atoms with Gasteiger partial charge < -0.3 is 49.2 Å². The van der Waals surface area contributed by atoms with Crippen LogP contribution in [0.1, 0.15) is 88.9 Å². The highest BCUT2D eigenvalue weighted by atomic mass is 16.5. The third kappa shape index (κ3) is 8.17. The van der Waals surface area contributed by atoms with E-state index < -0.39 is 30.5 Å². The number of nitrogens with one attached hydrogen (secondary N) is 4. The van der Waals surface area contributed by atoms with Crippen LogP contribution in [-0.2, 0) is 19.1 Å². The zero-order chi connectivity index (χ0) is 45.5. The molecule has 0 spiro atoms. The van der Waals surface area contributed by atoms with Gasteiger partial charge in [-0.2, -0.15) is 0 Å². The van der Waals surface area contributed by atoms with Crippen LogP contribution in [0.15, 0.2) is 85.2 Å². The van der Waals surface area contributed by atoms with E-state index in [9.17, 15) is 19.2 Å². The quantitative estimate of drug-likeness (QED) is 0.0997. The minimum Gasteiger partial charge on any atom is -0.465 e. The molecule has 16 nitrogen and oxygen atoms in total. The lowest BCUT2D eigenvalue weighted by atomic mass is 10.0. The molecule has 3 aliphatic heterocycles. The number of H-pyrrole nitrogens is 2. The lowest BCUT2D eigenvalue weighted by molar-refractivity contribution is -0.136. The van der Waals surface area contributed by atoms with Gasteiger partial charge >= 0.3 is 12.2 Å². The van der Waals surface area contributed by atoms with E-state index in [0.717, 1.165) is 81.7 Å². The van der Waals surface area contributed by atoms with E-state index in [2.05, 4.69) is 73.7 Å². The summed E-state index contributed by atoms with van der Waals surface area (Å²) in [5.74, 6) is 1.55. The number of amides is 4. The Morgan fingerprint density at radius 1 is 0.708 bits per heavy atom. The first-order valence-electron chi connectivity index (χ1n) is 22.4. The van der Waals surface area contributed by atoms with Crippen LogP contribution >= 0.6 is 0 Å². The maximum absolute atomic E-state index is 13.8. The molecule has 4 N–H and O–H groups in total. The smallest absolute Gasteiger partial charge is 0.407 e. The number of hydrogen-bond acceptors (Lipinski definition) is 9. The summed E-state index contributed by atoms with van der Waals surface area (Å²) in [5, 5.41) is 6.46. The summed E-state index contributed by atoms with van der Waals surface area (Å²) in [4.78, 5) is 72.0. The van der Waals surface area contributed by atoms with Crippen LogP contribution in [0.4, 0.5) is 9.59 Å². The Morgan fingerprint density at radius 2 is 1.25 bits per heavy atom. The van der Waals surface area contributed by atoms with Crippen molar-refractivity contribution < 1.29 is 33.4 Å². The first-order valence-corrected chi connectivity index (χ1v) is 22.4. The number of likely N-dealkylation sites (tertiary alicyclic amines) is 2. The lowest BCUT2D eigenvalue weighted by Gasteiger charge is -2.30. The number of methoxy groups -OCH3 is 2. The van der Waals surface area contributed by atoms with E-state index in [-0.39, 0.29) is 35.7 Å². The van der Waals surface area contributed by atoms with Crippen molar-refractivity contribution in [2.45, 2.75) is 83.8 Å². The molecular formula is C49H55N9O7. The Morgan fingerprint density at radius 3 is 1.78 bits per heavy atom. The molecule has 3 aromatic carbocycles. The van der Waals surface area contributed by atoms with Gasteiger partial charge in [0.1, 0.15) is 29.5 Å². The first-order chi connectivity index (χ1) is 31.4. The maximum atomic E-state index is 13.8. The Hall–Kier alpha value is -7.10. The topological polar surface area (TPSA) is 189 Å². The number of aromatic amines is 2. The maximum Gasteiger partial charge on any atom is 0.407 e. The molecule has 3 unspecified atom stereocenters. The fourth-order valence-corrected chi connectivity index (χ4v) is 9.56. The second kappa shape index (κ2) is 17.8. The summed E-state index contributed by atoms with van der Waals surface area (Å²) in [7, 11) is 2.58. The monoisotopic (exact) mass is 881 g/mol. The molecule has 338 valence electrons. The van der Waals surface area contributed by atoms with Crippen LogP contribution in [-0.4, -0.2) is 97.7 Å². The van der Waals surface area contributed by atoms with Crippen molar-refractivity contribution in [3.05, 3.63) is 102 Å². The number of alkyl carbamates (subject to hydrolysis) is 2. The zero-order valence-corrected chi connectivity index (χ0v) is 37.5. The SMILES string of the molecule is COC(=O)N[C@H](C(=O)N1CCCC1c1ncc(-c2ccc3c(c2)OC(c2ccccc2)n2c-3cc3cc(-c4cnc(C5CCCN5C(=O)[C@@H](NC(=O)OC)C(C)C)[nH]4)ccc32)[nH]1)C(C)C. The molecule has 16 heteroatoms. The van der Waals surface area contributed by atoms with E-state index in [1.807, 2.05) is 68.0 Å². The molecule has 0 aliphatic carbocycles. The van der Waals surface area contributed by atoms with Gasteiger partial charge in [-0.15, -0.1) is 0 Å². The van der Waals surface area contributed by atoms with E-state index in [1.54, 1.807) is 6.20 Å². The van der Waals surface area contributed by atoms with E-state index in [1.165, 1.54) is 14.2 Å². The van der Waals surface area contributed by atoms with E-state index in [0.29, 0.717) is 24.7 Å². The van der Waals surface area contributed by atoms with Gasteiger partial charge in [0.15, 0.2) is 0 Å². The molecule has 6 aromatic rings. The highest BCUT2D eigenvalue weighted by molar-refractivity contribution is 5.93. The molecular weight excluding hydrogens is 827 g/mol. The molecule has 9 rings (SSSR count). The van der Waals surface area contributed by atoms with Gasteiger partial charge in [0.2, 0.25) is 18.0 Å². The van der Waals surface area contributed by atoms with Crippen molar-refractivity contribution in [3.8, 4) is 39.5 Å². The number of imidazole rings is 2. The summed E-state index contributed by atoms with van der Waals surface area (Å²) in [5.41, 5.74) is 7.43. The Bertz CT molecular complexity index is 2740. The summed E-state index contributed by atoms with van der Waals surface area (Å²) in [6.07, 6.45) is 5.05. The number of fused-ring (bicyclic) bond motifs is 5. The number of benzene rings is 3. The fourth-order valence-electron chi connectivity index (χ4n) is 9.56. The van der Waals surface area contributed by atoms with Crippen LogP contribution in [0.2, 0.25) is 0 Å². The minimum atomic E-state index is -0.720. The molecule has 65 heavy (non-hydrogen) atoms. The minimum absolute atomic E-state index is 0.128. The van der Waals surface area contributed by atoms with Gasteiger partial charge in [0, 0.05) is 40.7 Å². The summed E-state index contributed by atoms with van der Waals surface area (Å²) in [6, 6.07) is 22.9. The third-order valence-electron chi connectivity index (χ3n) is 13.0. The van der Waals surface area contributed by atoms with Gasteiger partial charge in [-0.3, -0.25) is 9.59 Å². The largest absolute Gasteiger partial charge is 0.465 e. The molecule has 0 radical (unpaired) electrons. The lowest BCUT2D eigenvalue weighted by Crippen LogP contribution is -2.51. The fraction of sp³-hybridized carbons (Fsp3) is 0.388. The number of hydrogen-bond donors (Lipinski definition) is 4. The van der Waals surface area contributed by atoms with Gasteiger partial charge in [-0.25, -0.2) is 19.6 Å². The van der Waals surface area contributed by atoms with Crippen molar-refractivity contribution >= 4 is 34.9 Å². The number of carbonyl (C=O) groups excluding carboxylic acids is 4. The number of ether oxygens (including phenoxy) is 3. The van der Waals surface area contributed by atoms with Crippen molar-refractivity contribution in [3.63, 3.8) is 0 Å². The number of rotatable bonds is 11. The second-order valence-corrected chi connectivity index (χ2v) is 17.7. The standard InChI is InChI=1S/C49H55N9O7/c1-27(2)41(54-48(61)63-5)45(59)56-20-10-14-37(56)43-50-25-34(52-43)30-17-19-36-32(22-30)23-39-33-18-16-31(24-40(33)65-47(58(36)39)29-12-8-7-9-13-29)35-26-51-44(53-35)38-15-11-21-57(38)46(60)42(28(3)4)55-49(62)64-6/h7-9,12-13,16-19,22-28,37-38,41-42,47H,10-11,14-15,20-21H2,1-6H3,(H,50,52)(H,51,53)(H,54,61)(H,55,62)/t37?,38?,41-,42-,47?/m0/s1. The van der Waals surface area contributed by atoms with Gasteiger partial charge in [0.25, 0.3) is 0 Å². The average molecular weight is 882 g/mol. The average Bonchev–Trinajstić information content (AvgIpc) is 4.18. The number of nitrogens with zero attached hydrogens (tertiary/aromatic N) is 5. The van der Waals surface area contributed by atoms with Gasteiger partial charge in [-0.05, 0) is 67.9 Å². The second-order valence-electron chi connectivity index (χ2n) is 17.7. The molecule has 0 saturated carbocycles. The molecule has 6 heterocycles. The number of aromatic nitrogens is 5. The van der Waals surface area contributed by atoms with Crippen LogP contribution in [0, 0.1) is 11.8 Å². The predicted octanol–water partition coefficient (Wildman–Crippen LogP) is 8.12. The molecule has 3 aliphatic rings. The summed E-state index contributed by atoms with van der Waals surface area (Å²) >= 11 is 0. The Kier molecular flexibility index (Phi) is 11.8. The summed E-state index contributed by atoms with van der Waals surface area (Å²) in [6.45, 7) is 8.75. The Labute approximate surface area is 377 Å². The summed E-state index contributed by atoms with van der Waals surface area (Å²) < 4.78 is 18.8. The van der Waals surface area contributed by atoms with Crippen molar-refractivity contribution in [2.24, 2.45) is 11.8 Å². The van der Waals surface area contributed by atoms with Crippen LogP contribution in [0.5, 0.6) is 5.75 Å². The highest BCUT2D eigenvalue weighted by Gasteiger charge is 2.39. The van der Waals surface area contributed by atoms with Crippen LogP contribution in [0.25, 0.3) is 44.7 Å². The predicted molar refractivity (Wildman–Crippen MR) is 243 cm³/mol. The highest BCUT2D eigenvalue weighted by Crippen LogP contribution is 2.46. The van der Waals surface area contributed by atoms with E-state index >= 15 is 0 Å². The first kappa shape index (κ1) is 43.2. The molecule has 2 saturated heterocycles. The zero-order valence-electron chi connectivity index (χ0n) is 37.5. The molecule has 0 bridgehead atoms. The van der Waals surface area contributed by atoms with Crippen LogP contribution < -0.4 is 15.4 Å². The van der Waals surface area contributed by atoms with Crippen molar-refractivity contribution in [1.29, 1.82) is 0 Å². The molecule has 2 fully saturated rings. The van der Waals surface area contributed by atoms with Gasteiger partial charge in [0.05, 0.1) is 61.3 Å². The van der Waals surface area contributed by atoms with Crippen molar-refractivity contribution in [1.82, 2.24) is 44.9 Å². The van der Waals surface area contributed by atoms with Gasteiger partial charge in [-0.1, -0.05) is 70.2 Å². The third-order valence-corrected chi connectivity index (χ3v) is 13.0. The molecule has 3 aromatic heterocycles. The van der Waals surface area contributed by atoms with Crippen molar-refractivity contribution in [2.75, 3.05) is 27.3 Å². The van der Waals surface area contributed by atoms with Crippen LogP contribution in [0.3, 0.4) is 0 Å². The molecule has 4 amide bonds.